The van der Waals surface area contributed by atoms with Crippen molar-refractivity contribution in [1.82, 2.24) is 0 Å². The Morgan fingerprint density at radius 3 is 1.35 bits per heavy atom. The topological polar surface area (TPSA) is 89.9 Å². The molecule has 6 heteroatoms. The van der Waals surface area contributed by atoms with Crippen LogP contribution in [0.5, 0.6) is 0 Å². The van der Waals surface area contributed by atoms with Crippen LogP contribution in [0.4, 0.5) is 0 Å². The summed E-state index contributed by atoms with van der Waals surface area (Å²) in [6, 6.07) is 0. The molecule has 65 heavy (non-hydrogen) atoms. The van der Waals surface area contributed by atoms with E-state index < -0.39 is 0 Å². The van der Waals surface area contributed by atoms with Crippen LogP contribution in [0.1, 0.15) is 219 Å². The standard InChI is InChI=1S/C29H50O3.C29H48O3.CH4/c2*1-7-21-25-17-18(2)12-14-29(25,6)24-13-15-28(5)22(19(3)9-8-16-30)10-11-23(28)26(24)27(21)32-20(4)31;/h18-19,21-27,30H,7-17H2,1-6H3;16,18-19,21-27H,7-15,17H2,1-6H3;1H4/t2*18-,19-,21-,22-,23+,24+,25+,26+,27-,28-,29-;/m11./s1. The first-order valence-corrected chi connectivity index (χ1v) is 27.7. The van der Waals surface area contributed by atoms with Crippen LogP contribution in [-0.2, 0) is 23.9 Å². The lowest BCUT2D eigenvalue weighted by Gasteiger charge is -2.65. The number of carbonyl (C=O) groups excluding carboxylic acids is 3. The number of fused-ring (bicyclic) bond motifs is 10. The minimum absolute atomic E-state index is 0. The van der Waals surface area contributed by atoms with E-state index >= 15 is 0 Å². The molecule has 0 heterocycles. The minimum atomic E-state index is -0.0826. The smallest absolute Gasteiger partial charge is 0.302 e. The van der Waals surface area contributed by atoms with Gasteiger partial charge in [0.2, 0.25) is 0 Å². The summed E-state index contributed by atoms with van der Waals surface area (Å²) in [7, 11) is 0. The number of aliphatic hydroxyl groups is 1. The summed E-state index contributed by atoms with van der Waals surface area (Å²) < 4.78 is 12.7. The van der Waals surface area contributed by atoms with Crippen LogP contribution in [-0.4, -0.2) is 42.1 Å². The summed E-state index contributed by atoms with van der Waals surface area (Å²) in [4.78, 5) is 35.8. The lowest BCUT2D eigenvalue weighted by Crippen LogP contribution is -2.62. The quantitative estimate of drug-likeness (QED) is 0.155. The van der Waals surface area contributed by atoms with E-state index in [1.165, 1.54) is 89.9 Å². The normalized spacial score (nSPS) is 48.1. The second-order valence-corrected chi connectivity index (χ2v) is 25.9. The minimum Gasteiger partial charge on any atom is -0.462 e. The summed E-state index contributed by atoms with van der Waals surface area (Å²) in [6.45, 7) is 28.3. The van der Waals surface area contributed by atoms with E-state index in [1.807, 2.05) is 0 Å². The zero-order chi connectivity index (χ0) is 46.5. The molecule has 22 atom stereocenters. The van der Waals surface area contributed by atoms with Crippen molar-refractivity contribution in [2.24, 2.45) is 116 Å². The average molecular weight is 907 g/mol. The monoisotopic (exact) mass is 907 g/mol. The van der Waals surface area contributed by atoms with Crippen LogP contribution in [0.25, 0.3) is 0 Å². The van der Waals surface area contributed by atoms with Crippen molar-refractivity contribution in [1.29, 1.82) is 0 Å². The van der Waals surface area contributed by atoms with E-state index in [2.05, 4.69) is 69.2 Å². The van der Waals surface area contributed by atoms with E-state index in [-0.39, 0.29) is 31.6 Å². The highest BCUT2D eigenvalue weighted by atomic mass is 16.5. The van der Waals surface area contributed by atoms with Crippen molar-refractivity contribution in [2.75, 3.05) is 6.61 Å². The van der Waals surface area contributed by atoms with E-state index in [4.69, 9.17) is 9.47 Å². The predicted molar refractivity (Wildman–Crippen MR) is 266 cm³/mol. The Morgan fingerprint density at radius 1 is 0.600 bits per heavy atom. The first-order chi connectivity index (χ1) is 30.3. The summed E-state index contributed by atoms with van der Waals surface area (Å²) in [5, 5.41) is 9.39. The van der Waals surface area contributed by atoms with Crippen molar-refractivity contribution < 1.29 is 29.0 Å². The third-order valence-corrected chi connectivity index (χ3v) is 23.0. The highest BCUT2D eigenvalue weighted by Gasteiger charge is 2.67. The number of aliphatic hydroxyl groups excluding tert-OH is 1. The van der Waals surface area contributed by atoms with Crippen LogP contribution >= 0.6 is 0 Å². The van der Waals surface area contributed by atoms with Crippen LogP contribution in [0.15, 0.2) is 0 Å². The molecule has 8 aliphatic rings. The highest BCUT2D eigenvalue weighted by molar-refractivity contribution is 5.66. The first kappa shape index (κ1) is 52.9. The third kappa shape index (κ3) is 9.36. The zero-order valence-electron chi connectivity index (χ0n) is 43.3. The zero-order valence-corrected chi connectivity index (χ0v) is 43.3. The van der Waals surface area contributed by atoms with Gasteiger partial charge in [0.05, 0.1) is 0 Å². The van der Waals surface area contributed by atoms with Gasteiger partial charge in [-0.15, -0.1) is 0 Å². The number of carbonyl (C=O) groups is 3. The molecule has 8 rings (SSSR count). The summed E-state index contributed by atoms with van der Waals surface area (Å²) in [6.07, 6.45) is 25.9. The van der Waals surface area contributed by atoms with Crippen LogP contribution in [0, 0.1) is 116 Å². The van der Waals surface area contributed by atoms with Gasteiger partial charge in [-0.2, -0.15) is 0 Å². The summed E-state index contributed by atoms with van der Waals surface area (Å²) in [5.74, 6) is 10.3. The molecule has 0 aromatic heterocycles. The molecule has 8 aliphatic carbocycles. The van der Waals surface area contributed by atoms with Crippen molar-refractivity contribution in [3.63, 3.8) is 0 Å². The van der Waals surface area contributed by atoms with Gasteiger partial charge in [-0.3, -0.25) is 9.59 Å². The molecule has 0 radical (unpaired) electrons. The third-order valence-electron chi connectivity index (χ3n) is 23.0. The number of aldehydes is 1. The average Bonchev–Trinajstić information content (AvgIpc) is 3.80. The molecule has 0 aromatic rings. The Hall–Kier alpha value is -1.43. The lowest BCUT2D eigenvalue weighted by atomic mass is 9.41. The lowest BCUT2D eigenvalue weighted by molar-refractivity contribution is -0.214. The fourth-order valence-electron chi connectivity index (χ4n) is 20.1. The molecular weight excluding hydrogens is 805 g/mol. The fourth-order valence-corrected chi connectivity index (χ4v) is 20.1. The Labute approximate surface area is 399 Å². The van der Waals surface area contributed by atoms with E-state index in [1.54, 1.807) is 13.8 Å². The van der Waals surface area contributed by atoms with E-state index in [9.17, 15) is 19.5 Å². The highest BCUT2D eigenvalue weighted by Crippen LogP contribution is 2.72. The number of rotatable bonds is 12. The molecule has 1 N–H and O–H groups in total. The molecule has 0 amide bonds. The summed E-state index contributed by atoms with van der Waals surface area (Å²) >= 11 is 0. The molecule has 0 unspecified atom stereocenters. The maximum atomic E-state index is 12.4. The predicted octanol–water partition coefficient (Wildman–Crippen LogP) is 14.6. The molecule has 8 saturated carbocycles. The maximum absolute atomic E-state index is 12.4. The molecule has 0 bridgehead atoms. The van der Waals surface area contributed by atoms with Crippen molar-refractivity contribution >= 4 is 18.2 Å². The fraction of sp³-hybridized carbons (Fsp3) is 0.949. The van der Waals surface area contributed by atoms with Gasteiger partial charge in [0, 0.05) is 38.7 Å². The van der Waals surface area contributed by atoms with E-state index in [0.717, 1.165) is 56.1 Å². The molecular formula is C59H102O6. The number of hydrogen-bond donors (Lipinski definition) is 1. The second kappa shape index (κ2) is 20.9. The van der Waals surface area contributed by atoms with Crippen LogP contribution in [0.3, 0.4) is 0 Å². The molecule has 6 nitrogen and oxygen atoms in total. The Bertz CT molecular complexity index is 1610. The Kier molecular flexibility index (Phi) is 17.0. The van der Waals surface area contributed by atoms with Gasteiger partial charge < -0.3 is 19.4 Å². The van der Waals surface area contributed by atoms with Crippen LogP contribution < -0.4 is 0 Å². The van der Waals surface area contributed by atoms with Gasteiger partial charge in [0.25, 0.3) is 0 Å². The molecule has 8 fully saturated rings. The van der Waals surface area contributed by atoms with Crippen molar-refractivity contribution in [3.8, 4) is 0 Å². The Balaban J connectivity index is 0.000000212. The number of esters is 2. The van der Waals surface area contributed by atoms with Gasteiger partial charge in [-0.05, 0) is 214 Å². The van der Waals surface area contributed by atoms with Crippen molar-refractivity contribution in [2.45, 2.75) is 231 Å². The second-order valence-electron chi connectivity index (χ2n) is 25.9. The molecule has 374 valence electrons. The Morgan fingerprint density at radius 2 is 0.985 bits per heavy atom. The van der Waals surface area contributed by atoms with Crippen molar-refractivity contribution in [3.05, 3.63) is 0 Å². The van der Waals surface area contributed by atoms with Gasteiger partial charge >= 0.3 is 11.9 Å². The number of ether oxygens (including phenoxy) is 2. The van der Waals surface area contributed by atoms with Crippen LogP contribution in [0.2, 0.25) is 0 Å². The van der Waals surface area contributed by atoms with Gasteiger partial charge in [0.1, 0.15) is 18.5 Å². The molecule has 0 saturated heterocycles. The summed E-state index contributed by atoms with van der Waals surface area (Å²) in [5.41, 5.74) is 1.50. The maximum Gasteiger partial charge on any atom is 0.302 e. The number of hydrogen-bond acceptors (Lipinski definition) is 6. The SMILES string of the molecule is C.CC[C@H]1[C@@H](OC(C)=O)[C@@H]2[C@H](CC[C@]3(C)[C@@H]([C@H](C)CCC=O)CC[C@@H]23)[C@@]2(C)CC[C@@H](C)C[C@@H]12.CC[C@H]1[C@@H](OC(C)=O)[C@@H]2[C@H](CC[C@]3(C)[C@@H]([C@H](C)CCCO)CC[C@@H]23)[C@@]2(C)CC[C@@H](C)C[C@@H]12. The van der Waals surface area contributed by atoms with Gasteiger partial charge in [-0.1, -0.05) is 89.5 Å². The molecule has 0 spiro atoms. The molecule has 0 aromatic carbocycles. The van der Waals surface area contributed by atoms with E-state index in [0.29, 0.717) is 112 Å². The van der Waals surface area contributed by atoms with Gasteiger partial charge in [0.15, 0.2) is 0 Å². The van der Waals surface area contributed by atoms with Gasteiger partial charge in [-0.25, -0.2) is 0 Å². The molecule has 0 aliphatic heterocycles. The first-order valence-electron chi connectivity index (χ1n) is 27.7. The largest absolute Gasteiger partial charge is 0.462 e.